The van der Waals surface area contributed by atoms with E-state index in [-0.39, 0.29) is 31.1 Å². The van der Waals surface area contributed by atoms with Crippen molar-refractivity contribution in [3.8, 4) is 0 Å². The molecule has 6 nitrogen and oxygen atoms in total. The second kappa shape index (κ2) is 68.1. The van der Waals surface area contributed by atoms with Gasteiger partial charge < -0.3 is 14.2 Å². The average molecular weight is 1120 g/mol. The molecule has 1 unspecified atom stereocenters. The van der Waals surface area contributed by atoms with Crippen molar-refractivity contribution in [2.24, 2.45) is 0 Å². The molecular weight excluding hydrogens is 997 g/mol. The van der Waals surface area contributed by atoms with Gasteiger partial charge in [-0.15, -0.1) is 0 Å². The molecule has 460 valence electrons. The molecule has 0 aliphatic carbocycles. The molecule has 0 aromatic heterocycles. The molecule has 0 N–H and O–H groups in total. The molecule has 0 spiro atoms. The number of carbonyl (C=O) groups excluding carboxylic acids is 3. The molecule has 81 heavy (non-hydrogen) atoms. The van der Waals surface area contributed by atoms with Crippen molar-refractivity contribution in [1.82, 2.24) is 0 Å². The fraction of sp³-hybridized carbons (Fsp3) is 0.667. The van der Waals surface area contributed by atoms with Gasteiger partial charge >= 0.3 is 17.9 Å². The summed E-state index contributed by atoms with van der Waals surface area (Å²) in [6, 6.07) is 0. The molecule has 0 aliphatic heterocycles. The lowest BCUT2D eigenvalue weighted by Gasteiger charge is -2.18. The van der Waals surface area contributed by atoms with Gasteiger partial charge in [0, 0.05) is 19.3 Å². The third-order valence-corrected chi connectivity index (χ3v) is 14.2. The second-order valence-corrected chi connectivity index (χ2v) is 22.0. The molecule has 0 aromatic rings. The van der Waals surface area contributed by atoms with E-state index in [1.165, 1.54) is 128 Å². The zero-order chi connectivity index (χ0) is 58.5. The lowest BCUT2D eigenvalue weighted by Crippen LogP contribution is -2.30. The first-order chi connectivity index (χ1) is 40.0. The number of hydrogen-bond acceptors (Lipinski definition) is 6. The summed E-state index contributed by atoms with van der Waals surface area (Å²) in [6.45, 7) is 6.38. The van der Waals surface area contributed by atoms with Gasteiger partial charge in [-0.3, -0.25) is 14.4 Å². The lowest BCUT2D eigenvalue weighted by molar-refractivity contribution is -0.167. The number of unbranched alkanes of at least 4 members (excludes halogenated alkanes) is 27. The molecule has 0 saturated carbocycles. The van der Waals surface area contributed by atoms with Crippen LogP contribution in [-0.2, 0) is 28.6 Å². The van der Waals surface area contributed by atoms with Gasteiger partial charge in [0.2, 0.25) is 0 Å². The van der Waals surface area contributed by atoms with Crippen LogP contribution in [-0.4, -0.2) is 37.2 Å². The number of allylic oxidation sites excluding steroid dienone is 22. The summed E-state index contributed by atoms with van der Waals surface area (Å²) in [5.74, 6) is -0.896. The Kier molecular flexibility index (Phi) is 64.3. The summed E-state index contributed by atoms with van der Waals surface area (Å²) in [7, 11) is 0. The predicted molar refractivity (Wildman–Crippen MR) is 353 cm³/mol. The van der Waals surface area contributed by atoms with Crippen molar-refractivity contribution in [3.05, 3.63) is 134 Å². The van der Waals surface area contributed by atoms with E-state index >= 15 is 0 Å². The summed E-state index contributed by atoms with van der Waals surface area (Å²) < 4.78 is 16.9. The first-order valence-corrected chi connectivity index (χ1v) is 33.7. The number of esters is 3. The van der Waals surface area contributed by atoms with Crippen molar-refractivity contribution in [3.63, 3.8) is 0 Å². The Morgan fingerprint density at radius 1 is 0.259 bits per heavy atom. The van der Waals surface area contributed by atoms with Gasteiger partial charge in [0.25, 0.3) is 0 Å². The van der Waals surface area contributed by atoms with Crippen molar-refractivity contribution >= 4 is 17.9 Å². The van der Waals surface area contributed by atoms with Crippen molar-refractivity contribution in [2.45, 2.75) is 309 Å². The summed E-state index contributed by atoms with van der Waals surface area (Å²) in [5.41, 5.74) is 0. The van der Waals surface area contributed by atoms with Gasteiger partial charge in [0.1, 0.15) is 13.2 Å². The first-order valence-electron chi connectivity index (χ1n) is 33.7. The SMILES string of the molecule is CC/C=C\C/C=C\C/C=C\C/C=C\C/C=C\C/C=C\C/C=C\CCCCCCCCCC(=O)OCC(COC(=O)CCCCCCCCC)OC(=O)CCCCCCCCCCCCCCCC/C=C\C/C=C\C/C=C\C/C=C\CC. The quantitative estimate of drug-likeness (QED) is 0.0261. The van der Waals surface area contributed by atoms with E-state index in [0.717, 1.165) is 135 Å². The minimum absolute atomic E-state index is 0.0825. The number of carbonyl (C=O) groups is 3. The summed E-state index contributed by atoms with van der Waals surface area (Å²) in [5, 5.41) is 0. The minimum Gasteiger partial charge on any atom is -0.462 e. The Bertz CT molecular complexity index is 1720. The summed E-state index contributed by atoms with van der Waals surface area (Å²) in [6.07, 6.45) is 96.3. The highest BCUT2D eigenvalue weighted by Crippen LogP contribution is 2.16. The lowest BCUT2D eigenvalue weighted by atomic mass is 10.0. The molecule has 0 saturated heterocycles. The zero-order valence-electron chi connectivity index (χ0n) is 52.8. The van der Waals surface area contributed by atoms with E-state index in [1.807, 2.05) is 0 Å². The average Bonchev–Trinajstić information content (AvgIpc) is 3.47. The smallest absolute Gasteiger partial charge is 0.306 e. The molecule has 0 radical (unpaired) electrons. The van der Waals surface area contributed by atoms with Crippen LogP contribution in [0, 0.1) is 0 Å². The molecule has 0 aliphatic rings. The van der Waals surface area contributed by atoms with Crippen LogP contribution in [0.2, 0.25) is 0 Å². The van der Waals surface area contributed by atoms with E-state index in [0.29, 0.717) is 19.3 Å². The molecule has 0 aromatic carbocycles. The van der Waals surface area contributed by atoms with Crippen LogP contribution in [0.15, 0.2) is 134 Å². The van der Waals surface area contributed by atoms with Crippen molar-refractivity contribution < 1.29 is 28.6 Å². The van der Waals surface area contributed by atoms with Crippen LogP contribution in [0.3, 0.4) is 0 Å². The summed E-state index contributed by atoms with van der Waals surface area (Å²) in [4.78, 5) is 38.2. The zero-order valence-corrected chi connectivity index (χ0v) is 52.8. The van der Waals surface area contributed by atoms with E-state index in [2.05, 4.69) is 154 Å². The maximum absolute atomic E-state index is 12.9. The fourth-order valence-corrected chi connectivity index (χ4v) is 9.18. The van der Waals surface area contributed by atoms with Crippen LogP contribution >= 0.6 is 0 Å². The first kappa shape index (κ1) is 76.5. The molecule has 0 fully saturated rings. The number of hydrogen-bond donors (Lipinski definition) is 0. The van der Waals surface area contributed by atoms with Crippen molar-refractivity contribution in [2.75, 3.05) is 13.2 Å². The Labute approximate surface area is 500 Å². The molecule has 0 rings (SSSR count). The molecule has 6 heteroatoms. The van der Waals surface area contributed by atoms with Crippen LogP contribution in [0.25, 0.3) is 0 Å². The highest BCUT2D eigenvalue weighted by atomic mass is 16.6. The van der Waals surface area contributed by atoms with Crippen molar-refractivity contribution in [1.29, 1.82) is 0 Å². The van der Waals surface area contributed by atoms with Gasteiger partial charge in [0.15, 0.2) is 6.10 Å². The maximum atomic E-state index is 12.9. The topological polar surface area (TPSA) is 78.9 Å². The van der Waals surface area contributed by atoms with Crippen LogP contribution in [0.1, 0.15) is 303 Å². The molecule has 0 amide bonds. The Hall–Kier alpha value is -4.45. The number of rotatable bonds is 60. The molecular formula is C75H124O6. The van der Waals surface area contributed by atoms with Crippen LogP contribution in [0.5, 0.6) is 0 Å². The van der Waals surface area contributed by atoms with E-state index in [9.17, 15) is 14.4 Å². The minimum atomic E-state index is -0.785. The highest BCUT2D eigenvalue weighted by Gasteiger charge is 2.19. The summed E-state index contributed by atoms with van der Waals surface area (Å²) >= 11 is 0. The normalized spacial score (nSPS) is 13.0. The third kappa shape index (κ3) is 66.2. The van der Waals surface area contributed by atoms with Crippen LogP contribution in [0.4, 0.5) is 0 Å². The third-order valence-electron chi connectivity index (χ3n) is 14.2. The monoisotopic (exact) mass is 1120 g/mol. The van der Waals surface area contributed by atoms with Gasteiger partial charge in [-0.05, 0) is 116 Å². The molecule has 0 bridgehead atoms. The Balaban J connectivity index is 4.16. The van der Waals surface area contributed by atoms with E-state index < -0.39 is 6.10 Å². The van der Waals surface area contributed by atoms with Gasteiger partial charge in [-0.25, -0.2) is 0 Å². The second-order valence-electron chi connectivity index (χ2n) is 22.0. The maximum Gasteiger partial charge on any atom is 0.306 e. The van der Waals surface area contributed by atoms with Crippen LogP contribution < -0.4 is 0 Å². The standard InChI is InChI=1S/C75H124O6/c1-4-7-10-13-16-18-20-22-24-26-28-30-32-34-36-37-39-40-42-44-46-48-50-52-54-56-59-62-65-68-74(77)80-71-72(70-79-73(76)67-64-61-58-15-12-9-6-3)81-75(78)69-66-63-60-57-55-53-51-49-47-45-43-41-38-35-33-31-29-27-25-23-21-19-17-14-11-8-5-2/h7-8,10-11,16-19,22-25,28-31,34,36,39-40,44,46,72H,4-6,9,12-15,20-21,26-27,32-33,35,37-38,41-43,45,47-71H2,1-3H3/b10-7-,11-8-,18-16-,19-17-,24-22-,25-23-,30-28-,31-29-,36-34-,40-39-,46-44-. The predicted octanol–water partition coefficient (Wildman–Crippen LogP) is 23.3. The molecule has 1 atom stereocenters. The largest absolute Gasteiger partial charge is 0.462 e. The van der Waals surface area contributed by atoms with Gasteiger partial charge in [0.05, 0.1) is 0 Å². The Morgan fingerprint density at radius 3 is 0.753 bits per heavy atom. The van der Waals surface area contributed by atoms with Gasteiger partial charge in [-0.1, -0.05) is 302 Å². The van der Waals surface area contributed by atoms with E-state index in [4.69, 9.17) is 14.2 Å². The Morgan fingerprint density at radius 2 is 0.481 bits per heavy atom. The fourth-order valence-electron chi connectivity index (χ4n) is 9.18. The van der Waals surface area contributed by atoms with Gasteiger partial charge in [-0.2, -0.15) is 0 Å². The number of ether oxygens (including phenoxy) is 3. The molecule has 0 heterocycles. The highest BCUT2D eigenvalue weighted by molar-refractivity contribution is 5.71. The van der Waals surface area contributed by atoms with E-state index in [1.54, 1.807) is 0 Å².